The molecule has 710 valence electrons. The number of phenols is 25. The number of rotatable bonds is 26. The predicted molar refractivity (Wildman–Crippen MR) is 434 cm³/mol. The van der Waals surface area contributed by atoms with Crippen LogP contribution in [0.3, 0.4) is 0 Å². The standard InChI is InChI=1S/C76H52O46.C10H14O4/c77-32-1-22(2-33(78)53(32)92)67(103)113-47-16-27(11-42(87)58(47)97)66(102)112-21-52-63(119-72(108)28-12-43(88)59(98)48(17-28)114-68(104)23-3-34(79)54(93)35(80)4-23)64(120-73(109)29-13-44(89)60(99)49(18-29)115-69(105)24-5-36(81)55(94)37(82)6-24)65(121-74(110)30-14-45(90)61(100)50(19-30)116-70(106)25-7-38(83)56(95)39(84)8-25)76(118-52)122-75(111)31-15-46(91)62(101)51(20-31)117-71(107)26-9-40(85)57(96)41(86)10-26;1-13-9-4-2-3-5-10(9)14-7-8(12)6-11/h1-20,52,63-65,76-101H,21H2;2-5,8,11-12H,6-7H2,1H3/t52-,63-,64+,65-,76+;/m1./s1. The van der Waals surface area contributed by atoms with E-state index in [1.165, 1.54) is 0 Å². The van der Waals surface area contributed by atoms with Crippen molar-refractivity contribution in [1.29, 1.82) is 0 Å². The van der Waals surface area contributed by atoms with Crippen molar-refractivity contribution in [3.8, 4) is 184 Å². The van der Waals surface area contributed by atoms with Gasteiger partial charge in [-0.25, -0.2) is 47.9 Å². The van der Waals surface area contributed by atoms with Gasteiger partial charge in [-0.1, -0.05) is 12.1 Å². The number of benzene rings is 11. The van der Waals surface area contributed by atoms with Crippen molar-refractivity contribution in [3.63, 3.8) is 0 Å². The van der Waals surface area contributed by atoms with Crippen LogP contribution in [0.2, 0.25) is 0 Å². The highest BCUT2D eigenvalue weighted by Gasteiger charge is 2.55. The molecule has 1 fully saturated rings. The van der Waals surface area contributed by atoms with Crippen LogP contribution in [0.5, 0.6) is 184 Å². The molecule has 50 nitrogen and oxygen atoms in total. The van der Waals surface area contributed by atoms with Crippen molar-refractivity contribution in [3.05, 3.63) is 201 Å². The number of carbonyl (C=O) groups excluding carboxylic acids is 10. The molecule has 1 heterocycles. The summed E-state index contributed by atoms with van der Waals surface area (Å²) < 4.78 is 70.7. The highest BCUT2D eigenvalue weighted by Crippen LogP contribution is 2.48. The number of phenolic OH excluding ortho intramolecular Hbond substituents is 25. The summed E-state index contributed by atoms with van der Waals surface area (Å²) in [5, 5.41) is 279. The minimum absolute atomic E-state index is 0.0525. The summed E-state index contributed by atoms with van der Waals surface area (Å²) in [6.45, 7) is -1.97. The van der Waals surface area contributed by atoms with Gasteiger partial charge >= 0.3 is 59.7 Å². The number of methoxy groups -OCH3 is 1. The van der Waals surface area contributed by atoms with Gasteiger partial charge in [0.25, 0.3) is 0 Å². The third-order valence-corrected chi connectivity index (χ3v) is 18.6. The zero-order valence-electron chi connectivity index (χ0n) is 67.9. The molecule has 0 saturated carbocycles. The zero-order chi connectivity index (χ0) is 99.8. The Bertz CT molecular complexity index is 6540. The van der Waals surface area contributed by atoms with E-state index in [0.29, 0.717) is 133 Å². The fourth-order valence-corrected chi connectivity index (χ4v) is 11.8. The molecule has 1 unspecified atom stereocenters. The van der Waals surface area contributed by atoms with Gasteiger partial charge in [0, 0.05) is 0 Å². The van der Waals surface area contributed by atoms with E-state index in [-0.39, 0.29) is 13.2 Å². The fourth-order valence-electron chi connectivity index (χ4n) is 11.8. The summed E-state index contributed by atoms with van der Waals surface area (Å²) in [5.74, 6) is -54.8. The van der Waals surface area contributed by atoms with Crippen molar-refractivity contribution in [2.45, 2.75) is 36.8 Å². The maximum atomic E-state index is 15.3. The molecule has 6 atom stereocenters. The second kappa shape index (κ2) is 40.1. The van der Waals surface area contributed by atoms with Crippen molar-refractivity contribution in [1.82, 2.24) is 0 Å². The molecule has 0 radical (unpaired) electrons. The fraction of sp³-hybridized carbons (Fsp3) is 0.116. The van der Waals surface area contributed by atoms with E-state index >= 15 is 14.4 Å². The molecular formula is C86H66O50. The summed E-state index contributed by atoms with van der Waals surface area (Å²) in [7, 11) is 1.55. The van der Waals surface area contributed by atoms with Gasteiger partial charge in [-0.15, -0.1) is 0 Å². The normalized spacial score (nSPS) is 14.4. The van der Waals surface area contributed by atoms with Gasteiger partial charge in [-0.3, -0.25) is 0 Å². The third-order valence-electron chi connectivity index (χ3n) is 18.6. The second-order valence-corrected chi connectivity index (χ2v) is 27.9. The lowest BCUT2D eigenvalue weighted by Gasteiger charge is -2.43. The minimum Gasteiger partial charge on any atom is -0.504 e. The van der Waals surface area contributed by atoms with Crippen molar-refractivity contribution >= 4 is 59.7 Å². The lowest BCUT2D eigenvalue weighted by atomic mass is 9.97. The number of hydrogen-bond donors (Lipinski definition) is 27. The van der Waals surface area contributed by atoms with Crippen LogP contribution in [0.15, 0.2) is 146 Å². The van der Waals surface area contributed by atoms with E-state index in [4.69, 9.17) is 71.8 Å². The summed E-state index contributed by atoms with van der Waals surface area (Å²) in [5.41, 5.74) is -9.89. The van der Waals surface area contributed by atoms with Crippen molar-refractivity contribution in [2.75, 3.05) is 26.9 Å². The quantitative estimate of drug-likeness (QED) is 0.0142. The van der Waals surface area contributed by atoms with E-state index in [0.717, 1.165) is 0 Å². The van der Waals surface area contributed by atoms with Crippen molar-refractivity contribution < 1.29 is 247 Å². The maximum absolute atomic E-state index is 15.3. The van der Waals surface area contributed by atoms with Crippen LogP contribution in [0.4, 0.5) is 0 Å². The van der Waals surface area contributed by atoms with Crippen LogP contribution < -0.4 is 33.2 Å². The van der Waals surface area contributed by atoms with Crippen LogP contribution in [0.25, 0.3) is 0 Å². The summed E-state index contributed by atoms with van der Waals surface area (Å²) in [6.07, 6.45) is -15.9. The van der Waals surface area contributed by atoms with Gasteiger partial charge in [0.2, 0.25) is 41.1 Å². The van der Waals surface area contributed by atoms with Gasteiger partial charge < -0.3 is 199 Å². The number of carbonyl (C=O) groups is 10. The molecule has 1 aliphatic heterocycles. The smallest absolute Gasteiger partial charge is 0.343 e. The third kappa shape index (κ3) is 21.6. The summed E-state index contributed by atoms with van der Waals surface area (Å²) in [6, 6.07) is 15.7. The predicted octanol–water partition coefficient (Wildman–Crippen LogP) is 5.27. The van der Waals surface area contributed by atoms with E-state index in [9.17, 15) is 161 Å². The van der Waals surface area contributed by atoms with Crippen LogP contribution in [-0.2, 0) is 28.4 Å². The van der Waals surface area contributed by atoms with Crippen LogP contribution >= 0.6 is 0 Å². The van der Waals surface area contributed by atoms with Gasteiger partial charge in [-0.2, -0.15) is 0 Å². The molecule has 0 aliphatic carbocycles. The first-order valence-electron chi connectivity index (χ1n) is 37.5. The second-order valence-electron chi connectivity index (χ2n) is 27.9. The molecule has 0 spiro atoms. The van der Waals surface area contributed by atoms with Gasteiger partial charge in [0.1, 0.15) is 25.4 Å². The average molecular weight is 1900 g/mol. The van der Waals surface area contributed by atoms with Crippen LogP contribution in [0, 0.1) is 0 Å². The number of aromatic hydroxyl groups is 25. The Morgan fingerprint density at radius 1 is 0.272 bits per heavy atom. The molecule has 136 heavy (non-hydrogen) atoms. The van der Waals surface area contributed by atoms with E-state index < -0.39 is 331 Å². The number of esters is 10. The van der Waals surface area contributed by atoms with E-state index in [1.807, 2.05) is 12.1 Å². The largest absolute Gasteiger partial charge is 0.504 e. The van der Waals surface area contributed by atoms with Gasteiger partial charge in [-0.05, 0) is 133 Å². The van der Waals surface area contributed by atoms with Crippen LogP contribution in [0.1, 0.15) is 104 Å². The first-order valence-corrected chi connectivity index (χ1v) is 37.5. The first-order chi connectivity index (χ1) is 64.1. The SMILES string of the molecule is COc1ccccc1OCC(O)CO.O=C(OC[C@H]1O[C@@H](OC(=O)c2cc(O)c(O)c(OC(=O)c3cc(O)c(O)c(O)c3)c2)[C@H](OC(=O)c2cc(O)c(O)c(OC(=O)c3cc(O)c(O)c(O)c3)c2)[C@@H](OC(=O)c2cc(O)c(O)c(OC(=O)c3cc(O)c(O)c(O)c3)c2)[C@@H]1OC(=O)c1cc(O)c(O)c(OC(=O)c2cc(O)c(O)c(O)c2)c1)c1cc(O)c(O)c(OC(=O)c2cc(O)c(O)c(O)c2)c1. The van der Waals surface area contributed by atoms with Crippen molar-refractivity contribution in [2.24, 2.45) is 0 Å². The molecule has 0 amide bonds. The Morgan fingerprint density at radius 3 is 0.750 bits per heavy atom. The zero-order valence-corrected chi connectivity index (χ0v) is 67.9. The van der Waals surface area contributed by atoms with Gasteiger partial charge in [0.15, 0.2) is 167 Å². The average Bonchev–Trinajstić information content (AvgIpc) is 0.761. The van der Waals surface area contributed by atoms with Crippen LogP contribution in [-0.4, -0.2) is 261 Å². The molecule has 0 aromatic heterocycles. The monoisotopic (exact) mass is 1900 g/mol. The number of aliphatic hydroxyl groups is 2. The minimum atomic E-state index is -3.12. The molecule has 11 aromatic rings. The molecule has 0 bridgehead atoms. The molecule has 27 N–H and O–H groups in total. The number of hydrogen-bond acceptors (Lipinski definition) is 50. The van der Waals surface area contributed by atoms with Gasteiger partial charge in [0.05, 0.1) is 69.4 Å². The Balaban J connectivity index is 0.00000116. The molecule has 1 saturated heterocycles. The highest BCUT2D eigenvalue weighted by molar-refractivity contribution is 6.00. The topological polar surface area (TPSA) is 837 Å². The molecule has 11 aromatic carbocycles. The first kappa shape index (κ1) is 97.2. The molecule has 50 heteroatoms. The summed E-state index contributed by atoms with van der Waals surface area (Å²) >= 11 is 0. The van der Waals surface area contributed by atoms with E-state index in [1.54, 1.807) is 19.2 Å². The number of ether oxygens (including phenoxy) is 13. The Morgan fingerprint density at radius 2 is 0.493 bits per heavy atom. The summed E-state index contributed by atoms with van der Waals surface area (Å²) in [4.78, 5) is 142. The maximum Gasteiger partial charge on any atom is 0.343 e. The Labute approximate surface area is 753 Å². The molecular weight excluding hydrogens is 1830 g/mol. The highest BCUT2D eigenvalue weighted by atomic mass is 16.8. The lowest BCUT2D eigenvalue weighted by molar-refractivity contribution is -0.282. The molecule has 1 aliphatic rings. The van der Waals surface area contributed by atoms with E-state index in [2.05, 4.69) is 0 Å². The molecule has 12 rings (SSSR count). The lowest BCUT2D eigenvalue weighted by Crippen LogP contribution is -2.63. The Kier molecular flexibility index (Phi) is 28.7. The Hall–Kier alpha value is -19.4. The number of para-hydroxylation sites is 2. The number of aliphatic hydroxyl groups excluding tert-OH is 2.